The van der Waals surface area contributed by atoms with Gasteiger partial charge in [-0.15, -0.1) is 11.3 Å². The van der Waals surface area contributed by atoms with E-state index in [9.17, 15) is 23.4 Å². The van der Waals surface area contributed by atoms with Gasteiger partial charge in [0.15, 0.2) is 5.01 Å². The molecule has 0 aliphatic heterocycles. The van der Waals surface area contributed by atoms with Gasteiger partial charge in [-0.05, 0) is 29.3 Å². The highest BCUT2D eigenvalue weighted by atomic mass is 32.1. The van der Waals surface area contributed by atoms with Crippen molar-refractivity contribution in [1.82, 2.24) is 4.98 Å². The van der Waals surface area contributed by atoms with Gasteiger partial charge < -0.3 is 14.9 Å². The number of hydrogen-bond acceptors (Lipinski definition) is 5. The third kappa shape index (κ3) is 5.44. The lowest BCUT2D eigenvalue weighted by atomic mass is 10.1. The average molecular weight is 421 g/mol. The van der Waals surface area contributed by atoms with Gasteiger partial charge in [-0.2, -0.15) is 13.2 Å². The van der Waals surface area contributed by atoms with Crippen molar-refractivity contribution in [2.75, 3.05) is 6.61 Å². The third-order valence-electron chi connectivity index (χ3n) is 4.02. The van der Waals surface area contributed by atoms with Crippen LogP contribution < -0.4 is 4.74 Å². The average Bonchev–Trinajstić information content (AvgIpc) is 3.17. The first-order valence-corrected chi connectivity index (χ1v) is 9.50. The van der Waals surface area contributed by atoms with Gasteiger partial charge in [0.25, 0.3) is 0 Å². The van der Waals surface area contributed by atoms with Gasteiger partial charge in [0.1, 0.15) is 5.75 Å². The summed E-state index contributed by atoms with van der Waals surface area (Å²) in [5.74, 6) is -3.29. The van der Waals surface area contributed by atoms with Crippen molar-refractivity contribution in [2.24, 2.45) is 0 Å². The molecule has 3 rings (SSSR count). The van der Waals surface area contributed by atoms with Gasteiger partial charge in [0.2, 0.25) is 0 Å². The molecule has 4 nitrogen and oxygen atoms in total. The molecule has 0 saturated carbocycles. The molecule has 0 amide bonds. The molecule has 2 aromatic carbocycles. The molecule has 8 heteroatoms. The van der Waals surface area contributed by atoms with Gasteiger partial charge >= 0.3 is 12.0 Å². The van der Waals surface area contributed by atoms with Crippen LogP contribution in [0.25, 0.3) is 12.2 Å². The lowest BCUT2D eigenvalue weighted by Crippen LogP contribution is -2.41. The summed E-state index contributed by atoms with van der Waals surface area (Å²) in [6.07, 6.45) is -0.0587. The predicted molar refractivity (Wildman–Crippen MR) is 105 cm³/mol. The molecule has 3 aromatic rings. The first kappa shape index (κ1) is 21.0. The van der Waals surface area contributed by atoms with E-state index in [0.717, 1.165) is 18.2 Å². The third-order valence-corrected chi connectivity index (χ3v) is 5.08. The molecular weight excluding hydrogens is 403 g/mol. The zero-order chi connectivity index (χ0) is 20.9. The number of aliphatic hydroxyl groups is 2. The second-order valence-electron chi connectivity index (χ2n) is 6.23. The summed E-state index contributed by atoms with van der Waals surface area (Å²) in [6, 6.07) is 17.2. The fourth-order valence-electron chi connectivity index (χ4n) is 2.46. The number of hydrogen-bond donors (Lipinski definition) is 2. The molecule has 152 valence electrons. The van der Waals surface area contributed by atoms with E-state index in [4.69, 9.17) is 4.74 Å². The number of nitrogens with zero attached hydrogens (tertiary/aromatic N) is 1. The number of benzene rings is 2. The standard InChI is InChI=1S/C21H18F3NO3S/c22-21(23,24)20(26,27)19-25-14-18(29-19)10-9-16-7-4-8-17(13-16)28-12-11-15-5-2-1-3-6-15/h1-10,13-14,26-27H,11-12H2/b10-9+. The van der Waals surface area contributed by atoms with Crippen molar-refractivity contribution in [3.8, 4) is 5.75 Å². The van der Waals surface area contributed by atoms with E-state index < -0.39 is 17.0 Å². The molecule has 0 fully saturated rings. The van der Waals surface area contributed by atoms with Crippen LogP contribution in [0.15, 0.2) is 60.8 Å². The van der Waals surface area contributed by atoms with E-state index in [-0.39, 0.29) is 0 Å². The Morgan fingerprint density at radius 1 is 1.00 bits per heavy atom. The largest absolute Gasteiger partial charge is 0.493 e. The van der Waals surface area contributed by atoms with E-state index in [1.54, 1.807) is 12.2 Å². The van der Waals surface area contributed by atoms with Crippen LogP contribution in [-0.4, -0.2) is 28.0 Å². The van der Waals surface area contributed by atoms with Gasteiger partial charge in [-0.1, -0.05) is 48.5 Å². The Morgan fingerprint density at radius 3 is 2.48 bits per heavy atom. The molecule has 0 unspecified atom stereocenters. The van der Waals surface area contributed by atoms with E-state index >= 15 is 0 Å². The minimum absolute atomic E-state index is 0.354. The molecule has 0 bridgehead atoms. The van der Waals surface area contributed by atoms with Gasteiger partial charge in [-0.25, -0.2) is 4.98 Å². The summed E-state index contributed by atoms with van der Waals surface area (Å²) in [5.41, 5.74) is 1.96. The Kier molecular flexibility index (Phi) is 6.36. The van der Waals surface area contributed by atoms with Gasteiger partial charge in [0, 0.05) is 17.5 Å². The normalized spacial score (nSPS) is 12.4. The van der Waals surface area contributed by atoms with Crippen LogP contribution in [0.2, 0.25) is 0 Å². The smallest absolute Gasteiger partial charge is 0.450 e. The summed E-state index contributed by atoms with van der Waals surface area (Å²) < 4.78 is 43.8. The molecule has 0 saturated heterocycles. The van der Waals surface area contributed by atoms with Crippen LogP contribution in [0.4, 0.5) is 13.2 Å². The fourth-order valence-corrected chi connectivity index (χ4v) is 3.29. The van der Waals surface area contributed by atoms with Crippen LogP contribution >= 0.6 is 11.3 Å². The summed E-state index contributed by atoms with van der Waals surface area (Å²) in [6.45, 7) is 0.516. The highest BCUT2D eigenvalue weighted by molar-refractivity contribution is 7.12. The fraction of sp³-hybridized carbons (Fsp3) is 0.190. The quantitative estimate of drug-likeness (QED) is 0.546. The Morgan fingerprint density at radius 2 is 1.76 bits per heavy atom. The van der Waals surface area contributed by atoms with Crippen LogP contribution in [-0.2, 0) is 12.2 Å². The molecular formula is C21H18F3NO3S. The second-order valence-corrected chi connectivity index (χ2v) is 7.29. The molecule has 29 heavy (non-hydrogen) atoms. The topological polar surface area (TPSA) is 62.6 Å². The van der Waals surface area contributed by atoms with Crippen molar-refractivity contribution < 1.29 is 28.1 Å². The van der Waals surface area contributed by atoms with Crippen LogP contribution in [0.1, 0.15) is 21.0 Å². The summed E-state index contributed by atoms with van der Waals surface area (Å²) in [7, 11) is 0. The number of rotatable bonds is 7. The monoisotopic (exact) mass is 421 g/mol. The highest BCUT2D eigenvalue weighted by Crippen LogP contribution is 2.38. The number of thiazole rings is 1. The number of alkyl halides is 3. The van der Waals surface area contributed by atoms with Crippen molar-refractivity contribution >= 4 is 23.5 Å². The SMILES string of the molecule is OC(O)(c1ncc(/C=C/c2cccc(OCCc3ccccc3)c2)s1)C(F)(F)F. The first-order chi connectivity index (χ1) is 13.8. The summed E-state index contributed by atoms with van der Waals surface area (Å²) in [5, 5.41) is 17.7. The molecule has 0 atom stereocenters. The maximum absolute atomic E-state index is 12.7. The molecule has 1 aromatic heterocycles. The van der Waals surface area contributed by atoms with Crippen molar-refractivity contribution in [3.05, 3.63) is 81.8 Å². The molecule has 0 radical (unpaired) electrons. The molecule has 2 N–H and O–H groups in total. The van der Waals surface area contributed by atoms with E-state index in [2.05, 4.69) is 4.98 Å². The van der Waals surface area contributed by atoms with Gasteiger partial charge in [0.05, 0.1) is 6.61 Å². The van der Waals surface area contributed by atoms with Crippen molar-refractivity contribution in [2.45, 2.75) is 18.4 Å². The lowest BCUT2D eigenvalue weighted by molar-refractivity contribution is -0.358. The molecule has 0 aliphatic carbocycles. The van der Waals surface area contributed by atoms with Gasteiger partial charge in [-0.3, -0.25) is 0 Å². The Bertz CT molecular complexity index is 969. The Hall–Kier alpha value is -2.68. The number of aromatic nitrogens is 1. The Balaban J connectivity index is 1.62. The Labute approximate surface area is 169 Å². The van der Waals surface area contributed by atoms with Crippen LogP contribution in [0.3, 0.4) is 0 Å². The summed E-state index contributed by atoms with van der Waals surface area (Å²) in [4.78, 5) is 3.83. The molecule has 0 spiro atoms. The zero-order valence-electron chi connectivity index (χ0n) is 15.1. The number of ether oxygens (including phenoxy) is 1. The second kappa shape index (κ2) is 8.77. The summed E-state index contributed by atoms with van der Waals surface area (Å²) >= 11 is 0.552. The maximum atomic E-state index is 12.7. The predicted octanol–water partition coefficient (Wildman–Crippen LogP) is 4.63. The maximum Gasteiger partial charge on any atom is 0.450 e. The van der Waals surface area contributed by atoms with E-state index in [0.29, 0.717) is 28.6 Å². The van der Waals surface area contributed by atoms with Crippen LogP contribution in [0, 0.1) is 0 Å². The van der Waals surface area contributed by atoms with Crippen molar-refractivity contribution in [1.29, 1.82) is 0 Å². The van der Waals surface area contributed by atoms with E-state index in [1.807, 2.05) is 54.6 Å². The van der Waals surface area contributed by atoms with Crippen molar-refractivity contribution in [3.63, 3.8) is 0 Å². The molecule has 1 heterocycles. The minimum atomic E-state index is -5.22. The number of halogens is 3. The first-order valence-electron chi connectivity index (χ1n) is 8.68. The van der Waals surface area contributed by atoms with Crippen LogP contribution in [0.5, 0.6) is 5.75 Å². The zero-order valence-corrected chi connectivity index (χ0v) is 16.0. The van der Waals surface area contributed by atoms with E-state index in [1.165, 1.54) is 5.56 Å². The lowest BCUT2D eigenvalue weighted by Gasteiger charge is -2.21. The minimum Gasteiger partial charge on any atom is -0.493 e. The molecule has 0 aliphatic rings. The highest BCUT2D eigenvalue weighted by Gasteiger charge is 2.56.